The Morgan fingerprint density at radius 3 is 2.83 bits per heavy atom. The van der Waals surface area contributed by atoms with E-state index < -0.39 is 0 Å². The topological polar surface area (TPSA) is 47.0 Å². The highest BCUT2D eigenvalue weighted by Gasteiger charge is 2.24. The summed E-state index contributed by atoms with van der Waals surface area (Å²) in [6.07, 6.45) is 6.65. The van der Waals surface area contributed by atoms with Crippen LogP contribution in [0.4, 0.5) is 5.82 Å². The minimum atomic E-state index is 0.588. The van der Waals surface area contributed by atoms with E-state index in [-0.39, 0.29) is 0 Å². The van der Waals surface area contributed by atoms with Gasteiger partial charge < -0.3 is 10.1 Å². The van der Waals surface area contributed by atoms with Gasteiger partial charge in [0.1, 0.15) is 12.1 Å². The zero-order chi connectivity index (χ0) is 12.8. The number of hydrogen-bond donors (Lipinski definition) is 1. The maximum Gasteiger partial charge on any atom is 0.218 e. The first kappa shape index (κ1) is 13.4. The first-order chi connectivity index (χ1) is 8.83. The number of methoxy groups -OCH3 is 1. The molecule has 1 heterocycles. The lowest BCUT2D eigenvalue weighted by molar-refractivity contribution is 0.272. The summed E-state index contributed by atoms with van der Waals surface area (Å²) in [7, 11) is 1.61. The van der Waals surface area contributed by atoms with E-state index >= 15 is 0 Å². The molecule has 18 heavy (non-hydrogen) atoms. The van der Waals surface area contributed by atoms with Crippen molar-refractivity contribution >= 4 is 17.4 Å². The molecule has 0 amide bonds. The molecule has 0 saturated heterocycles. The highest BCUT2D eigenvalue weighted by Crippen LogP contribution is 2.31. The molecule has 5 heteroatoms. The highest BCUT2D eigenvalue weighted by atomic mass is 35.5. The fourth-order valence-electron chi connectivity index (χ4n) is 2.54. The van der Waals surface area contributed by atoms with Gasteiger partial charge >= 0.3 is 0 Å². The second kappa shape index (κ2) is 6.78. The molecule has 0 aromatic carbocycles. The van der Waals surface area contributed by atoms with Gasteiger partial charge in [-0.15, -0.1) is 11.6 Å². The molecule has 2 atom stereocenters. The minimum absolute atomic E-state index is 0.588. The van der Waals surface area contributed by atoms with Crippen LogP contribution in [-0.2, 0) is 0 Å². The van der Waals surface area contributed by atoms with Gasteiger partial charge in [-0.3, -0.25) is 0 Å². The van der Waals surface area contributed by atoms with E-state index in [1.165, 1.54) is 32.0 Å². The SMILES string of the molecule is COc1cc(NCC2CCCCC2CCl)ncn1. The van der Waals surface area contributed by atoms with Crippen molar-refractivity contribution in [2.75, 3.05) is 24.9 Å². The standard InChI is InChI=1S/C13H20ClN3O/c1-18-13-6-12(16-9-17-13)15-8-11-5-3-2-4-10(11)7-14/h6,9-11H,2-5,7-8H2,1H3,(H,15,16,17). The number of alkyl halides is 1. The normalized spacial score (nSPS) is 23.7. The molecule has 0 bridgehead atoms. The summed E-state index contributed by atoms with van der Waals surface area (Å²) in [5.74, 6) is 3.46. The first-order valence-corrected chi connectivity index (χ1v) is 7.02. The highest BCUT2D eigenvalue weighted by molar-refractivity contribution is 6.18. The van der Waals surface area contributed by atoms with E-state index in [0.717, 1.165) is 18.2 Å². The van der Waals surface area contributed by atoms with Gasteiger partial charge in [0.15, 0.2) is 0 Å². The van der Waals surface area contributed by atoms with Crippen molar-refractivity contribution in [2.24, 2.45) is 11.8 Å². The molecule has 100 valence electrons. The second-order valence-corrected chi connectivity index (χ2v) is 5.09. The van der Waals surface area contributed by atoms with E-state index in [1.807, 2.05) is 6.07 Å². The Kier molecular flexibility index (Phi) is 5.05. The van der Waals surface area contributed by atoms with Gasteiger partial charge in [-0.25, -0.2) is 9.97 Å². The Bertz CT molecular complexity index is 375. The van der Waals surface area contributed by atoms with Gasteiger partial charge in [-0.05, 0) is 24.7 Å². The number of rotatable bonds is 5. The third-order valence-corrected chi connectivity index (χ3v) is 4.06. The molecule has 0 aliphatic heterocycles. The molecule has 2 unspecified atom stereocenters. The lowest BCUT2D eigenvalue weighted by atomic mass is 9.80. The van der Waals surface area contributed by atoms with Crippen molar-refractivity contribution in [3.8, 4) is 5.88 Å². The van der Waals surface area contributed by atoms with Crippen LogP contribution in [-0.4, -0.2) is 29.5 Å². The number of hydrogen-bond acceptors (Lipinski definition) is 4. The van der Waals surface area contributed by atoms with Crippen LogP contribution in [0, 0.1) is 11.8 Å². The quantitative estimate of drug-likeness (QED) is 0.835. The molecule has 1 aromatic heterocycles. The van der Waals surface area contributed by atoms with Crippen LogP contribution in [0.3, 0.4) is 0 Å². The third-order valence-electron chi connectivity index (χ3n) is 3.66. The molecule has 0 spiro atoms. The molecule has 1 saturated carbocycles. The summed E-state index contributed by atoms with van der Waals surface area (Å²) < 4.78 is 5.08. The molecule has 1 aliphatic rings. The predicted molar refractivity (Wildman–Crippen MR) is 73.2 cm³/mol. The van der Waals surface area contributed by atoms with Crippen molar-refractivity contribution < 1.29 is 4.74 Å². The minimum Gasteiger partial charge on any atom is -0.481 e. The van der Waals surface area contributed by atoms with E-state index in [4.69, 9.17) is 16.3 Å². The Labute approximate surface area is 113 Å². The van der Waals surface area contributed by atoms with E-state index in [1.54, 1.807) is 7.11 Å². The smallest absolute Gasteiger partial charge is 0.218 e. The second-order valence-electron chi connectivity index (χ2n) is 4.79. The van der Waals surface area contributed by atoms with Crippen LogP contribution >= 0.6 is 11.6 Å². The maximum atomic E-state index is 6.03. The Balaban J connectivity index is 1.89. The molecule has 1 N–H and O–H groups in total. The average Bonchev–Trinajstić information content (AvgIpc) is 2.45. The lowest BCUT2D eigenvalue weighted by Crippen LogP contribution is -2.27. The van der Waals surface area contributed by atoms with Gasteiger partial charge in [0, 0.05) is 18.5 Å². The number of ether oxygens (including phenoxy) is 1. The van der Waals surface area contributed by atoms with Gasteiger partial charge in [-0.2, -0.15) is 0 Å². The molecule has 1 aliphatic carbocycles. The summed E-state index contributed by atoms with van der Waals surface area (Å²) >= 11 is 6.03. The van der Waals surface area contributed by atoms with Crippen molar-refractivity contribution in [2.45, 2.75) is 25.7 Å². The summed E-state index contributed by atoms with van der Waals surface area (Å²) in [4.78, 5) is 8.18. The van der Waals surface area contributed by atoms with Crippen LogP contribution in [0.25, 0.3) is 0 Å². The molecular weight excluding hydrogens is 250 g/mol. The van der Waals surface area contributed by atoms with Gasteiger partial charge in [0.25, 0.3) is 0 Å². The van der Waals surface area contributed by atoms with Crippen molar-refractivity contribution in [3.05, 3.63) is 12.4 Å². The van der Waals surface area contributed by atoms with Crippen molar-refractivity contribution in [3.63, 3.8) is 0 Å². The fraction of sp³-hybridized carbons (Fsp3) is 0.692. The zero-order valence-corrected chi connectivity index (χ0v) is 11.5. The van der Waals surface area contributed by atoms with Crippen LogP contribution in [0.5, 0.6) is 5.88 Å². The molecule has 1 fully saturated rings. The molecular formula is C13H20ClN3O. The summed E-state index contributed by atoms with van der Waals surface area (Å²) in [5.41, 5.74) is 0. The third kappa shape index (κ3) is 3.48. The molecule has 2 rings (SSSR count). The zero-order valence-electron chi connectivity index (χ0n) is 10.7. The predicted octanol–water partition coefficient (Wildman–Crippen LogP) is 2.94. The number of anilines is 1. The first-order valence-electron chi connectivity index (χ1n) is 6.49. The lowest BCUT2D eigenvalue weighted by Gasteiger charge is -2.30. The largest absolute Gasteiger partial charge is 0.481 e. The Morgan fingerprint density at radius 1 is 1.33 bits per heavy atom. The van der Waals surface area contributed by atoms with Crippen molar-refractivity contribution in [1.29, 1.82) is 0 Å². The van der Waals surface area contributed by atoms with Gasteiger partial charge in [0.2, 0.25) is 5.88 Å². The van der Waals surface area contributed by atoms with E-state index in [9.17, 15) is 0 Å². The number of halogens is 1. The maximum absolute atomic E-state index is 6.03. The Morgan fingerprint density at radius 2 is 2.11 bits per heavy atom. The van der Waals surface area contributed by atoms with Crippen molar-refractivity contribution in [1.82, 2.24) is 9.97 Å². The molecule has 4 nitrogen and oxygen atoms in total. The summed E-state index contributed by atoms with van der Waals surface area (Å²) in [6.45, 7) is 0.928. The Hall–Kier alpha value is -1.03. The number of nitrogens with zero attached hydrogens (tertiary/aromatic N) is 2. The number of aromatic nitrogens is 2. The van der Waals surface area contributed by atoms with Crippen LogP contribution in [0.1, 0.15) is 25.7 Å². The van der Waals surface area contributed by atoms with Crippen LogP contribution in [0.15, 0.2) is 12.4 Å². The molecule has 0 radical (unpaired) electrons. The average molecular weight is 270 g/mol. The number of nitrogens with one attached hydrogen (secondary N) is 1. The van der Waals surface area contributed by atoms with E-state index in [0.29, 0.717) is 17.7 Å². The van der Waals surface area contributed by atoms with Crippen LogP contribution in [0.2, 0.25) is 0 Å². The van der Waals surface area contributed by atoms with E-state index in [2.05, 4.69) is 15.3 Å². The monoisotopic (exact) mass is 269 g/mol. The summed E-state index contributed by atoms with van der Waals surface area (Å²) in [5, 5.41) is 3.36. The summed E-state index contributed by atoms with van der Waals surface area (Å²) in [6, 6.07) is 1.82. The van der Waals surface area contributed by atoms with Gasteiger partial charge in [-0.1, -0.05) is 12.8 Å². The fourth-order valence-corrected chi connectivity index (χ4v) is 2.95. The van der Waals surface area contributed by atoms with Gasteiger partial charge in [0.05, 0.1) is 7.11 Å². The molecule has 1 aromatic rings. The van der Waals surface area contributed by atoms with Crippen LogP contribution < -0.4 is 10.1 Å².